The van der Waals surface area contributed by atoms with Gasteiger partial charge in [-0.25, -0.2) is 4.79 Å². The van der Waals surface area contributed by atoms with E-state index in [1.807, 2.05) is 24.3 Å². The summed E-state index contributed by atoms with van der Waals surface area (Å²) in [6.45, 7) is 2.87. The molecule has 1 aromatic rings. The van der Waals surface area contributed by atoms with Crippen LogP contribution < -0.4 is 10.6 Å². The number of benzene rings is 1. The normalized spacial score (nSPS) is 9.88. The summed E-state index contributed by atoms with van der Waals surface area (Å²) in [4.78, 5) is 11.4. The standard InChI is InChI=1S/C12H17BrN2O/c1-2-3-4-8-14-12(16)15-11-7-5-6-10(13)9-11/h5-7,9H,2-4,8H2,1H3,(H2,14,15,16). The molecular formula is C12H17BrN2O. The van der Waals surface area contributed by atoms with Crippen molar-refractivity contribution in [1.29, 1.82) is 0 Å². The lowest BCUT2D eigenvalue weighted by molar-refractivity contribution is 0.252. The SMILES string of the molecule is CCCCCNC(=O)Nc1cccc(Br)c1. The molecule has 0 atom stereocenters. The molecule has 0 aliphatic carbocycles. The van der Waals surface area contributed by atoms with Gasteiger partial charge >= 0.3 is 6.03 Å². The van der Waals surface area contributed by atoms with E-state index in [9.17, 15) is 4.79 Å². The summed E-state index contributed by atoms with van der Waals surface area (Å²) in [6.07, 6.45) is 3.34. The van der Waals surface area contributed by atoms with Crippen LogP contribution in [0.2, 0.25) is 0 Å². The number of nitrogens with one attached hydrogen (secondary N) is 2. The molecule has 1 rings (SSSR count). The van der Waals surface area contributed by atoms with Gasteiger partial charge in [-0.1, -0.05) is 41.8 Å². The fourth-order valence-electron chi connectivity index (χ4n) is 1.32. The Morgan fingerprint density at radius 1 is 1.38 bits per heavy atom. The second-order valence-electron chi connectivity index (χ2n) is 3.60. The second-order valence-corrected chi connectivity index (χ2v) is 4.51. The number of rotatable bonds is 5. The van der Waals surface area contributed by atoms with Crippen molar-refractivity contribution in [2.24, 2.45) is 0 Å². The van der Waals surface area contributed by atoms with Gasteiger partial charge in [0.1, 0.15) is 0 Å². The number of unbranched alkanes of at least 4 members (excludes halogenated alkanes) is 2. The summed E-state index contributed by atoms with van der Waals surface area (Å²) >= 11 is 3.35. The van der Waals surface area contributed by atoms with Crippen LogP contribution in [0.15, 0.2) is 28.7 Å². The van der Waals surface area contributed by atoms with Gasteiger partial charge in [0.15, 0.2) is 0 Å². The average molecular weight is 285 g/mol. The Morgan fingerprint density at radius 2 is 2.19 bits per heavy atom. The first kappa shape index (κ1) is 13.0. The number of urea groups is 1. The molecule has 0 radical (unpaired) electrons. The minimum absolute atomic E-state index is 0.144. The van der Waals surface area contributed by atoms with Crippen molar-refractivity contribution in [3.05, 3.63) is 28.7 Å². The van der Waals surface area contributed by atoms with Gasteiger partial charge in [0.05, 0.1) is 0 Å². The average Bonchev–Trinajstić information content (AvgIpc) is 2.24. The minimum Gasteiger partial charge on any atom is -0.338 e. The van der Waals surface area contributed by atoms with Gasteiger partial charge in [-0.3, -0.25) is 0 Å². The van der Waals surface area contributed by atoms with Gasteiger partial charge in [0.25, 0.3) is 0 Å². The maximum Gasteiger partial charge on any atom is 0.319 e. The molecule has 0 aromatic heterocycles. The highest BCUT2D eigenvalue weighted by atomic mass is 79.9. The van der Waals surface area contributed by atoms with Crippen molar-refractivity contribution in [2.45, 2.75) is 26.2 Å². The van der Waals surface area contributed by atoms with Crippen molar-refractivity contribution in [2.75, 3.05) is 11.9 Å². The summed E-state index contributed by atoms with van der Waals surface area (Å²) in [5.74, 6) is 0. The van der Waals surface area contributed by atoms with E-state index < -0.39 is 0 Å². The second kappa shape index (κ2) is 7.28. The lowest BCUT2D eigenvalue weighted by Gasteiger charge is -2.07. The molecule has 0 saturated heterocycles. The number of halogens is 1. The minimum atomic E-state index is -0.144. The molecule has 0 spiro atoms. The first-order valence-electron chi connectivity index (χ1n) is 5.53. The summed E-state index contributed by atoms with van der Waals surface area (Å²) < 4.78 is 0.955. The number of amides is 2. The number of carbonyl (C=O) groups is 1. The molecule has 0 unspecified atom stereocenters. The van der Waals surface area contributed by atoms with Crippen LogP contribution >= 0.6 is 15.9 Å². The zero-order valence-corrected chi connectivity index (χ0v) is 11.0. The largest absolute Gasteiger partial charge is 0.338 e. The summed E-state index contributed by atoms with van der Waals surface area (Å²) in [5.41, 5.74) is 0.794. The van der Waals surface area contributed by atoms with Gasteiger partial charge in [-0.05, 0) is 24.6 Å². The lowest BCUT2D eigenvalue weighted by atomic mass is 10.2. The Morgan fingerprint density at radius 3 is 2.88 bits per heavy atom. The topological polar surface area (TPSA) is 41.1 Å². The van der Waals surface area contributed by atoms with Crippen molar-refractivity contribution < 1.29 is 4.79 Å². The Bertz CT molecular complexity index is 342. The molecule has 0 fully saturated rings. The van der Waals surface area contributed by atoms with Gasteiger partial charge in [0.2, 0.25) is 0 Å². The lowest BCUT2D eigenvalue weighted by Crippen LogP contribution is -2.29. The molecule has 0 bridgehead atoms. The Hall–Kier alpha value is -1.03. The van der Waals surface area contributed by atoms with E-state index in [1.165, 1.54) is 0 Å². The molecule has 0 aliphatic rings. The van der Waals surface area contributed by atoms with E-state index >= 15 is 0 Å². The van der Waals surface area contributed by atoms with Crippen LogP contribution in [0.3, 0.4) is 0 Å². The van der Waals surface area contributed by atoms with Crippen molar-refractivity contribution in [3.63, 3.8) is 0 Å². The van der Waals surface area contributed by atoms with Crippen LogP contribution in [-0.2, 0) is 0 Å². The molecule has 2 amide bonds. The first-order valence-corrected chi connectivity index (χ1v) is 6.32. The number of anilines is 1. The molecular weight excluding hydrogens is 268 g/mol. The third-order valence-corrected chi connectivity index (χ3v) is 2.64. The molecule has 1 aromatic carbocycles. The van der Waals surface area contributed by atoms with Gasteiger partial charge < -0.3 is 10.6 Å². The Labute approximate surface area is 105 Å². The predicted octanol–water partition coefficient (Wildman–Crippen LogP) is 3.76. The highest BCUT2D eigenvalue weighted by Gasteiger charge is 2.00. The van der Waals surface area contributed by atoms with Crippen LogP contribution in [0, 0.1) is 0 Å². The Balaban J connectivity index is 2.29. The van der Waals surface area contributed by atoms with E-state index in [2.05, 4.69) is 33.5 Å². The highest BCUT2D eigenvalue weighted by molar-refractivity contribution is 9.10. The van der Waals surface area contributed by atoms with Crippen molar-refractivity contribution >= 4 is 27.6 Å². The van der Waals surface area contributed by atoms with Crippen LogP contribution in [0.1, 0.15) is 26.2 Å². The van der Waals surface area contributed by atoms with E-state index in [4.69, 9.17) is 0 Å². The van der Waals surface area contributed by atoms with Crippen LogP contribution in [0.4, 0.5) is 10.5 Å². The van der Waals surface area contributed by atoms with E-state index in [1.54, 1.807) is 0 Å². The van der Waals surface area contributed by atoms with Crippen LogP contribution in [0.25, 0.3) is 0 Å². The summed E-state index contributed by atoms with van der Waals surface area (Å²) in [7, 11) is 0. The zero-order valence-electron chi connectivity index (χ0n) is 9.42. The van der Waals surface area contributed by atoms with Gasteiger partial charge in [-0.15, -0.1) is 0 Å². The predicted molar refractivity (Wildman–Crippen MR) is 70.7 cm³/mol. The quantitative estimate of drug-likeness (QED) is 0.795. The number of hydrogen-bond acceptors (Lipinski definition) is 1. The fraction of sp³-hybridized carbons (Fsp3) is 0.417. The van der Waals surface area contributed by atoms with Gasteiger partial charge in [0, 0.05) is 16.7 Å². The monoisotopic (exact) mass is 284 g/mol. The van der Waals surface area contributed by atoms with Crippen LogP contribution in [0.5, 0.6) is 0 Å². The molecule has 4 heteroatoms. The third kappa shape index (κ3) is 5.16. The highest BCUT2D eigenvalue weighted by Crippen LogP contribution is 2.15. The summed E-state index contributed by atoms with van der Waals surface area (Å²) in [5, 5.41) is 5.60. The van der Waals surface area contributed by atoms with Crippen molar-refractivity contribution in [3.8, 4) is 0 Å². The van der Waals surface area contributed by atoms with E-state index in [-0.39, 0.29) is 6.03 Å². The van der Waals surface area contributed by atoms with Gasteiger partial charge in [-0.2, -0.15) is 0 Å². The third-order valence-electron chi connectivity index (χ3n) is 2.15. The number of carbonyl (C=O) groups excluding carboxylic acids is 1. The molecule has 16 heavy (non-hydrogen) atoms. The molecule has 0 heterocycles. The first-order chi connectivity index (χ1) is 7.72. The van der Waals surface area contributed by atoms with E-state index in [0.717, 1.165) is 36.0 Å². The van der Waals surface area contributed by atoms with E-state index in [0.29, 0.717) is 0 Å². The Kier molecular flexibility index (Phi) is 5.93. The zero-order chi connectivity index (χ0) is 11.8. The molecule has 2 N–H and O–H groups in total. The smallest absolute Gasteiger partial charge is 0.319 e. The van der Waals surface area contributed by atoms with Crippen molar-refractivity contribution in [1.82, 2.24) is 5.32 Å². The molecule has 3 nitrogen and oxygen atoms in total. The summed E-state index contributed by atoms with van der Waals surface area (Å²) in [6, 6.07) is 7.39. The maximum atomic E-state index is 11.4. The molecule has 0 aliphatic heterocycles. The fourth-order valence-corrected chi connectivity index (χ4v) is 1.72. The maximum absolute atomic E-state index is 11.4. The molecule has 88 valence electrons. The van der Waals surface area contributed by atoms with Crippen LogP contribution in [-0.4, -0.2) is 12.6 Å². The molecule has 0 saturated carbocycles. The number of hydrogen-bond donors (Lipinski definition) is 2.